The number of oxazole rings is 1. The normalized spacial score (nSPS) is 12.0. The van der Waals surface area contributed by atoms with E-state index in [1.807, 2.05) is 38.1 Å². The Morgan fingerprint density at radius 1 is 1.33 bits per heavy atom. The van der Waals surface area contributed by atoms with E-state index < -0.39 is 0 Å². The number of nitrogens with one attached hydrogen (secondary N) is 1. The molecule has 0 aliphatic carbocycles. The molecular weight excluding hydrogens is 308 g/mol. The van der Waals surface area contributed by atoms with Crippen molar-refractivity contribution >= 4 is 5.91 Å². The van der Waals surface area contributed by atoms with Gasteiger partial charge in [-0.1, -0.05) is 0 Å². The highest BCUT2D eigenvalue weighted by molar-refractivity contribution is 5.76. The first-order chi connectivity index (χ1) is 11.6. The Morgan fingerprint density at radius 3 is 2.75 bits per heavy atom. The molecule has 2 aromatic rings. The predicted molar refractivity (Wildman–Crippen MR) is 90.9 cm³/mol. The first kappa shape index (κ1) is 18.0. The Bertz CT molecular complexity index is 637. The van der Waals surface area contributed by atoms with E-state index in [-0.39, 0.29) is 11.9 Å². The molecule has 1 aromatic heterocycles. The van der Waals surface area contributed by atoms with Crippen molar-refractivity contribution in [3.63, 3.8) is 0 Å². The molecule has 6 heteroatoms. The van der Waals surface area contributed by atoms with Crippen LogP contribution in [0.4, 0.5) is 0 Å². The van der Waals surface area contributed by atoms with Gasteiger partial charge in [-0.15, -0.1) is 0 Å². The van der Waals surface area contributed by atoms with Crippen LogP contribution >= 0.6 is 0 Å². The maximum atomic E-state index is 11.8. The van der Waals surface area contributed by atoms with Crippen molar-refractivity contribution in [2.24, 2.45) is 0 Å². The number of ether oxygens (including phenoxy) is 2. The molecule has 24 heavy (non-hydrogen) atoms. The largest absolute Gasteiger partial charge is 0.494 e. The number of aryl methyl sites for hydroxylation is 1. The Kier molecular flexibility index (Phi) is 6.81. The molecule has 1 amide bonds. The average molecular weight is 332 g/mol. The predicted octanol–water partition coefficient (Wildman–Crippen LogP) is 2.82. The molecular formula is C18H24N2O4. The fourth-order valence-corrected chi connectivity index (χ4v) is 2.30. The second-order valence-corrected chi connectivity index (χ2v) is 5.50. The van der Waals surface area contributed by atoms with Gasteiger partial charge in [0.05, 0.1) is 19.4 Å². The molecule has 0 radical (unpaired) electrons. The van der Waals surface area contributed by atoms with Gasteiger partial charge >= 0.3 is 0 Å². The summed E-state index contributed by atoms with van der Waals surface area (Å²) < 4.78 is 16.1. The van der Waals surface area contributed by atoms with E-state index in [0.717, 1.165) is 11.3 Å². The molecule has 6 nitrogen and oxygen atoms in total. The molecule has 0 saturated carbocycles. The van der Waals surface area contributed by atoms with Crippen LogP contribution in [0.2, 0.25) is 0 Å². The average Bonchev–Trinajstić information content (AvgIpc) is 3.03. The number of benzene rings is 1. The number of amides is 1. The Morgan fingerprint density at radius 2 is 2.08 bits per heavy atom. The highest BCUT2D eigenvalue weighted by atomic mass is 16.5. The standard InChI is InChI=1S/C18H24N2O4/c1-4-23-15-7-5-14(6-8-15)16-11-19-18(24-16)10-9-17(21)20-13(2)12-22-3/h5-8,11,13H,4,9-10,12H2,1-3H3,(H,20,21)/t13-/m0/s1. The fourth-order valence-electron chi connectivity index (χ4n) is 2.30. The lowest BCUT2D eigenvalue weighted by Crippen LogP contribution is -2.35. The lowest BCUT2D eigenvalue weighted by molar-refractivity contribution is -0.122. The second kappa shape index (κ2) is 9.08. The zero-order valence-corrected chi connectivity index (χ0v) is 14.4. The van der Waals surface area contributed by atoms with Crippen LogP contribution in [0.15, 0.2) is 34.9 Å². The highest BCUT2D eigenvalue weighted by Crippen LogP contribution is 2.23. The lowest BCUT2D eigenvalue weighted by Gasteiger charge is -2.11. The third-order valence-corrected chi connectivity index (χ3v) is 3.39. The SMILES string of the molecule is CCOc1ccc(-c2cnc(CCC(=O)N[C@@H](C)COC)o2)cc1. The molecule has 0 aliphatic heterocycles. The first-order valence-electron chi connectivity index (χ1n) is 8.08. The van der Waals surface area contributed by atoms with Crippen LogP contribution in [0.5, 0.6) is 5.75 Å². The Hall–Kier alpha value is -2.34. The summed E-state index contributed by atoms with van der Waals surface area (Å²) in [5.74, 6) is 2.01. The lowest BCUT2D eigenvalue weighted by atomic mass is 10.2. The molecule has 1 heterocycles. The van der Waals surface area contributed by atoms with Crippen molar-refractivity contribution in [2.45, 2.75) is 32.7 Å². The van der Waals surface area contributed by atoms with Gasteiger partial charge in [-0.25, -0.2) is 4.98 Å². The van der Waals surface area contributed by atoms with Crippen LogP contribution in [-0.2, 0) is 16.0 Å². The van der Waals surface area contributed by atoms with Gasteiger partial charge in [-0.3, -0.25) is 4.79 Å². The summed E-state index contributed by atoms with van der Waals surface area (Å²) in [7, 11) is 1.61. The number of carbonyl (C=O) groups is 1. The molecule has 0 unspecified atom stereocenters. The summed E-state index contributed by atoms with van der Waals surface area (Å²) in [6, 6.07) is 7.63. The van der Waals surface area contributed by atoms with Crippen LogP contribution in [0.3, 0.4) is 0 Å². The van der Waals surface area contributed by atoms with E-state index >= 15 is 0 Å². The quantitative estimate of drug-likeness (QED) is 0.764. The highest BCUT2D eigenvalue weighted by Gasteiger charge is 2.11. The van der Waals surface area contributed by atoms with Gasteiger partial charge in [0.25, 0.3) is 0 Å². The Balaban J connectivity index is 1.87. The van der Waals surface area contributed by atoms with Crippen LogP contribution in [0.25, 0.3) is 11.3 Å². The minimum atomic E-state index is -0.0413. The maximum absolute atomic E-state index is 11.8. The van der Waals surface area contributed by atoms with Gasteiger partial charge in [0.1, 0.15) is 5.75 Å². The van der Waals surface area contributed by atoms with Gasteiger partial charge in [0.2, 0.25) is 5.91 Å². The minimum absolute atomic E-state index is 0.00789. The van der Waals surface area contributed by atoms with E-state index in [0.29, 0.717) is 37.7 Å². The zero-order chi connectivity index (χ0) is 17.4. The van der Waals surface area contributed by atoms with E-state index in [1.165, 1.54) is 0 Å². The van der Waals surface area contributed by atoms with Gasteiger partial charge < -0.3 is 19.2 Å². The maximum Gasteiger partial charge on any atom is 0.220 e. The van der Waals surface area contributed by atoms with E-state index in [1.54, 1.807) is 13.3 Å². The van der Waals surface area contributed by atoms with Gasteiger partial charge in [-0.2, -0.15) is 0 Å². The number of nitrogens with zero attached hydrogens (tertiary/aromatic N) is 1. The van der Waals surface area contributed by atoms with Crippen LogP contribution in [0, 0.1) is 0 Å². The van der Waals surface area contributed by atoms with Gasteiger partial charge in [0.15, 0.2) is 11.7 Å². The molecule has 0 aliphatic rings. The number of hydrogen-bond acceptors (Lipinski definition) is 5. The molecule has 130 valence electrons. The van der Waals surface area contributed by atoms with Crippen molar-refractivity contribution in [3.05, 3.63) is 36.4 Å². The first-order valence-corrected chi connectivity index (χ1v) is 8.08. The van der Waals surface area contributed by atoms with E-state index in [4.69, 9.17) is 13.9 Å². The van der Waals surface area contributed by atoms with Crippen LogP contribution in [0.1, 0.15) is 26.2 Å². The molecule has 0 fully saturated rings. The monoisotopic (exact) mass is 332 g/mol. The molecule has 0 saturated heterocycles. The summed E-state index contributed by atoms with van der Waals surface area (Å²) in [5.41, 5.74) is 0.926. The number of aromatic nitrogens is 1. The van der Waals surface area contributed by atoms with Crippen LogP contribution in [-0.4, -0.2) is 37.3 Å². The van der Waals surface area contributed by atoms with Crippen molar-refractivity contribution < 1.29 is 18.7 Å². The fraction of sp³-hybridized carbons (Fsp3) is 0.444. The van der Waals surface area contributed by atoms with Gasteiger partial charge in [-0.05, 0) is 38.1 Å². The zero-order valence-electron chi connectivity index (χ0n) is 14.4. The summed E-state index contributed by atoms with van der Waals surface area (Å²) >= 11 is 0. The van der Waals surface area contributed by atoms with E-state index in [9.17, 15) is 4.79 Å². The third kappa shape index (κ3) is 5.38. The number of hydrogen-bond donors (Lipinski definition) is 1. The summed E-state index contributed by atoms with van der Waals surface area (Å²) in [5, 5.41) is 2.86. The van der Waals surface area contributed by atoms with Crippen LogP contribution < -0.4 is 10.1 Å². The number of methoxy groups -OCH3 is 1. The van der Waals surface area contributed by atoms with Crippen molar-refractivity contribution in [2.75, 3.05) is 20.3 Å². The van der Waals surface area contributed by atoms with Crippen molar-refractivity contribution in [1.29, 1.82) is 0 Å². The summed E-state index contributed by atoms with van der Waals surface area (Å²) in [6.07, 6.45) is 2.47. The molecule has 1 N–H and O–H groups in total. The second-order valence-electron chi connectivity index (χ2n) is 5.50. The number of rotatable bonds is 9. The van der Waals surface area contributed by atoms with Crippen molar-refractivity contribution in [3.8, 4) is 17.1 Å². The van der Waals surface area contributed by atoms with Gasteiger partial charge in [0, 0.05) is 31.6 Å². The topological polar surface area (TPSA) is 73.6 Å². The molecule has 2 rings (SSSR count). The third-order valence-electron chi connectivity index (χ3n) is 3.39. The molecule has 1 atom stereocenters. The molecule has 1 aromatic carbocycles. The number of carbonyl (C=O) groups excluding carboxylic acids is 1. The summed E-state index contributed by atoms with van der Waals surface area (Å²) in [4.78, 5) is 16.1. The smallest absolute Gasteiger partial charge is 0.220 e. The Labute approximate surface area is 142 Å². The van der Waals surface area contributed by atoms with Crippen molar-refractivity contribution in [1.82, 2.24) is 10.3 Å². The molecule has 0 bridgehead atoms. The summed E-state index contributed by atoms with van der Waals surface area (Å²) in [6.45, 7) is 4.98. The van der Waals surface area contributed by atoms with E-state index in [2.05, 4.69) is 10.3 Å². The minimum Gasteiger partial charge on any atom is -0.494 e. The molecule has 0 spiro atoms.